The van der Waals surface area contributed by atoms with E-state index in [0.717, 1.165) is 27.8 Å². The van der Waals surface area contributed by atoms with Crippen molar-refractivity contribution in [2.45, 2.75) is 12.5 Å². The summed E-state index contributed by atoms with van der Waals surface area (Å²) in [5.41, 5.74) is 8.36. The molecule has 0 saturated carbocycles. The summed E-state index contributed by atoms with van der Waals surface area (Å²) >= 11 is 9.55. The Bertz CT molecular complexity index is 657. The summed E-state index contributed by atoms with van der Waals surface area (Å²) in [7, 11) is 0. The van der Waals surface area contributed by atoms with Crippen LogP contribution in [0.5, 0.6) is 5.75 Å². The summed E-state index contributed by atoms with van der Waals surface area (Å²) in [6.07, 6.45) is 0.833. The van der Waals surface area contributed by atoms with Gasteiger partial charge in [-0.25, -0.2) is 4.39 Å². The first kappa shape index (κ1) is 13.9. The number of nitrogens with two attached hydrogens (primary N) is 1. The summed E-state index contributed by atoms with van der Waals surface area (Å²) in [6.45, 7) is 0.622. The minimum Gasteiger partial charge on any atom is -0.493 e. The number of ether oxygens (including phenoxy) is 1. The smallest absolute Gasteiger partial charge is 0.129 e. The maximum atomic E-state index is 14.0. The van der Waals surface area contributed by atoms with E-state index in [1.54, 1.807) is 12.1 Å². The zero-order valence-electron chi connectivity index (χ0n) is 10.5. The highest BCUT2D eigenvalue weighted by Crippen LogP contribution is 2.39. The second-order valence-corrected chi connectivity index (χ2v) is 6.02. The minimum absolute atomic E-state index is 0.296. The predicted octanol–water partition coefficient (Wildman–Crippen LogP) is 4.22. The SMILES string of the molecule is NC(c1cc(Br)cc2c1OCC2)c1c(F)cccc1Cl. The average Bonchev–Trinajstić information content (AvgIpc) is 2.85. The molecular formula is C15H12BrClFNO. The Morgan fingerprint density at radius 2 is 2.15 bits per heavy atom. The number of halogens is 3. The van der Waals surface area contributed by atoms with Gasteiger partial charge in [0.25, 0.3) is 0 Å². The first-order chi connectivity index (χ1) is 9.58. The van der Waals surface area contributed by atoms with Gasteiger partial charge in [-0.2, -0.15) is 0 Å². The van der Waals surface area contributed by atoms with Crippen molar-refractivity contribution in [3.05, 3.63) is 62.3 Å². The monoisotopic (exact) mass is 355 g/mol. The summed E-state index contributed by atoms with van der Waals surface area (Å²) in [5, 5.41) is 0.323. The van der Waals surface area contributed by atoms with Crippen LogP contribution in [0.1, 0.15) is 22.7 Å². The van der Waals surface area contributed by atoms with Crippen molar-refractivity contribution in [3.8, 4) is 5.75 Å². The molecule has 2 aromatic rings. The summed E-state index contributed by atoms with van der Waals surface area (Å²) in [6, 6.07) is 7.77. The van der Waals surface area contributed by atoms with E-state index >= 15 is 0 Å². The Hall–Kier alpha value is -1.10. The predicted molar refractivity (Wildman–Crippen MR) is 80.8 cm³/mol. The first-order valence-electron chi connectivity index (χ1n) is 6.22. The van der Waals surface area contributed by atoms with E-state index in [1.165, 1.54) is 6.07 Å². The molecule has 104 valence electrons. The molecule has 0 spiro atoms. The van der Waals surface area contributed by atoms with E-state index in [4.69, 9.17) is 22.1 Å². The van der Waals surface area contributed by atoms with E-state index in [1.807, 2.05) is 12.1 Å². The van der Waals surface area contributed by atoms with Gasteiger partial charge < -0.3 is 10.5 Å². The van der Waals surface area contributed by atoms with Gasteiger partial charge in [-0.05, 0) is 29.8 Å². The van der Waals surface area contributed by atoms with Crippen LogP contribution in [-0.4, -0.2) is 6.61 Å². The molecule has 0 saturated heterocycles. The molecule has 20 heavy (non-hydrogen) atoms. The number of rotatable bonds is 2. The van der Waals surface area contributed by atoms with E-state index in [-0.39, 0.29) is 0 Å². The van der Waals surface area contributed by atoms with Gasteiger partial charge in [0.2, 0.25) is 0 Å². The van der Waals surface area contributed by atoms with Gasteiger partial charge in [0.1, 0.15) is 11.6 Å². The van der Waals surface area contributed by atoms with Crippen LogP contribution < -0.4 is 10.5 Å². The van der Waals surface area contributed by atoms with E-state index < -0.39 is 11.9 Å². The normalized spacial score (nSPS) is 14.8. The van der Waals surface area contributed by atoms with Crippen LogP contribution in [-0.2, 0) is 6.42 Å². The molecule has 0 aromatic heterocycles. The molecule has 0 radical (unpaired) electrons. The van der Waals surface area contributed by atoms with Crippen molar-refractivity contribution < 1.29 is 9.13 Å². The van der Waals surface area contributed by atoms with Crippen LogP contribution in [0.4, 0.5) is 4.39 Å². The van der Waals surface area contributed by atoms with E-state index in [9.17, 15) is 4.39 Å². The summed E-state index contributed by atoms with van der Waals surface area (Å²) in [4.78, 5) is 0. The number of hydrogen-bond acceptors (Lipinski definition) is 2. The van der Waals surface area contributed by atoms with Crippen LogP contribution >= 0.6 is 27.5 Å². The molecule has 5 heteroatoms. The van der Waals surface area contributed by atoms with Crippen molar-refractivity contribution in [3.63, 3.8) is 0 Å². The second kappa shape index (κ2) is 5.35. The fraction of sp³-hybridized carbons (Fsp3) is 0.200. The van der Waals surface area contributed by atoms with Crippen LogP contribution in [0.3, 0.4) is 0 Å². The number of benzene rings is 2. The molecule has 3 rings (SSSR count). The van der Waals surface area contributed by atoms with Gasteiger partial charge >= 0.3 is 0 Å². The maximum absolute atomic E-state index is 14.0. The van der Waals surface area contributed by atoms with Crippen molar-refractivity contribution in [2.24, 2.45) is 5.73 Å². The van der Waals surface area contributed by atoms with Crippen molar-refractivity contribution in [1.82, 2.24) is 0 Å². The number of fused-ring (bicyclic) bond motifs is 1. The van der Waals surface area contributed by atoms with E-state index in [0.29, 0.717) is 17.2 Å². The first-order valence-corrected chi connectivity index (χ1v) is 7.39. The Balaban J connectivity index is 2.14. The highest BCUT2D eigenvalue weighted by molar-refractivity contribution is 9.10. The molecule has 1 aliphatic heterocycles. The van der Waals surface area contributed by atoms with Crippen molar-refractivity contribution in [2.75, 3.05) is 6.61 Å². The lowest BCUT2D eigenvalue weighted by molar-refractivity contribution is 0.352. The Labute approximate surface area is 129 Å². The lowest BCUT2D eigenvalue weighted by atomic mass is 9.96. The molecule has 1 heterocycles. The average molecular weight is 357 g/mol. The second-order valence-electron chi connectivity index (χ2n) is 4.69. The van der Waals surface area contributed by atoms with Crippen LogP contribution in [0, 0.1) is 5.82 Å². The molecule has 1 unspecified atom stereocenters. The molecule has 0 aliphatic carbocycles. The number of hydrogen-bond donors (Lipinski definition) is 1. The van der Waals surface area contributed by atoms with Gasteiger partial charge in [0.15, 0.2) is 0 Å². The Morgan fingerprint density at radius 1 is 1.35 bits per heavy atom. The molecule has 1 aliphatic rings. The lowest BCUT2D eigenvalue weighted by Gasteiger charge is -2.18. The van der Waals surface area contributed by atoms with E-state index in [2.05, 4.69) is 15.9 Å². The van der Waals surface area contributed by atoms with Crippen LogP contribution in [0.15, 0.2) is 34.8 Å². The van der Waals surface area contributed by atoms with Gasteiger partial charge in [0.05, 0.1) is 12.6 Å². The fourth-order valence-corrected chi connectivity index (χ4v) is 3.30. The highest BCUT2D eigenvalue weighted by Gasteiger charge is 2.25. The maximum Gasteiger partial charge on any atom is 0.129 e. The molecule has 1 atom stereocenters. The molecule has 0 bridgehead atoms. The Morgan fingerprint density at radius 3 is 2.90 bits per heavy atom. The molecule has 0 amide bonds. The van der Waals surface area contributed by atoms with Gasteiger partial charge in [-0.1, -0.05) is 33.6 Å². The summed E-state index contributed by atoms with van der Waals surface area (Å²) in [5.74, 6) is 0.344. The highest BCUT2D eigenvalue weighted by atomic mass is 79.9. The molecule has 2 aromatic carbocycles. The molecule has 0 fully saturated rings. The molecule has 2 nitrogen and oxygen atoms in total. The Kier molecular flexibility index (Phi) is 3.71. The third-order valence-corrected chi connectivity index (χ3v) is 4.21. The van der Waals surface area contributed by atoms with Crippen molar-refractivity contribution >= 4 is 27.5 Å². The molecule has 2 N–H and O–H groups in total. The zero-order chi connectivity index (χ0) is 14.3. The topological polar surface area (TPSA) is 35.2 Å². The quantitative estimate of drug-likeness (QED) is 0.874. The fourth-order valence-electron chi connectivity index (χ4n) is 2.49. The van der Waals surface area contributed by atoms with Crippen LogP contribution in [0.25, 0.3) is 0 Å². The van der Waals surface area contributed by atoms with Gasteiger partial charge in [-0.3, -0.25) is 0 Å². The zero-order valence-corrected chi connectivity index (χ0v) is 12.8. The largest absolute Gasteiger partial charge is 0.493 e. The standard InChI is InChI=1S/C15H12BrClFNO/c16-9-6-8-4-5-20-15(8)10(7-9)14(19)13-11(17)2-1-3-12(13)18/h1-3,6-7,14H,4-5,19H2. The van der Waals surface area contributed by atoms with Gasteiger partial charge in [-0.15, -0.1) is 0 Å². The summed E-state index contributed by atoms with van der Waals surface area (Å²) < 4.78 is 20.6. The minimum atomic E-state index is -0.659. The van der Waals surface area contributed by atoms with Crippen molar-refractivity contribution in [1.29, 1.82) is 0 Å². The third-order valence-electron chi connectivity index (χ3n) is 3.42. The lowest BCUT2D eigenvalue weighted by Crippen LogP contribution is -2.15. The molecular weight excluding hydrogens is 345 g/mol. The van der Waals surface area contributed by atoms with Crippen LogP contribution in [0.2, 0.25) is 5.02 Å². The third kappa shape index (κ3) is 2.32. The van der Waals surface area contributed by atoms with Gasteiger partial charge in [0, 0.05) is 27.0 Å².